The largest absolute Gasteiger partial charge is 0.481 e. The topological polar surface area (TPSA) is 37.3 Å². The number of rotatable bonds is 2. The summed E-state index contributed by atoms with van der Waals surface area (Å²) in [6.07, 6.45) is 6.96. The van der Waals surface area contributed by atoms with E-state index >= 15 is 0 Å². The molecule has 0 aliphatic heterocycles. The molecule has 2 aliphatic rings. The van der Waals surface area contributed by atoms with Crippen molar-refractivity contribution in [3.05, 3.63) is 35.4 Å². The number of carbonyl (C=O) groups is 1. The average molecular weight is 258 g/mol. The van der Waals surface area contributed by atoms with Gasteiger partial charge in [0.2, 0.25) is 0 Å². The molecule has 2 heteroatoms. The summed E-state index contributed by atoms with van der Waals surface area (Å²) in [5.41, 5.74) is 3.44. The normalized spacial score (nSPS) is 31.1. The van der Waals surface area contributed by atoms with Crippen molar-refractivity contribution in [2.45, 2.75) is 50.9 Å². The zero-order valence-corrected chi connectivity index (χ0v) is 11.6. The van der Waals surface area contributed by atoms with Gasteiger partial charge < -0.3 is 5.11 Å². The highest BCUT2D eigenvalue weighted by molar-refractivity contribution is 5.69. The third kappa shape index (κ3) is 2.07. The van der Waals surface area contributed by atoms with Crippen molar-refractivity contribution in [3.8, 4) is 0 Å². The van der Waals surface area contributed by atoms with Gasteiger partial charge in [0.05, 0.1) is 5.92 Å². The quantitative estimate of drug-likeness (QED) is 0.876. The van der Waals surface area contributed by atoms with Crippen molar-refractivity contribution in [2.75, 3.05) is 0 Å². The fourth-order valence-corrected chi connectivity index (χ4v) is 4.18. The first kappa shape index (κ1) is 12.7. The highest BCUT2D eigenvalue weighted by Crippen LogP contribution is 2.50. The van der Waals surface area contributed by atoms with Crippen LogP contribution in [0.1, 0.15) is 50.2 Å². The lowest BCUT2D eigenvalue weighted by molar-refractivity contribution is -0.143. The van der Waals surface area contributed by atoms with E-state index in [2.05, 4.69) is 24.3 Å². The van der Waals surface area contributed by atoms with Crippen LogP contribution in [-0.4, -0.2) is 11.1 Å². The third-order valence-corrected chi connectivity index (χ3v) is 5.55. The number of fused-ring (bicyclic) bond motifs is 2. The maximum absolute atomic E-state index is 11.1. The molecule has 2 nitrogen and oxygen atoms in total. The number of carboxylic acid groups (broad SMARTS) is 1. The van der Waals surface area contributed by atoms with Crippen LogP contribution in [-0.2, 0) is 16.6 Å². The lowest BCUT2D eigenvalue weighted by atomic mass is 9.65. The van der Waals surface area contributed by atoms with Gasteiger partial charge in [0.15, 0.2) is 0 Å². The smallest absolute Gasteiger partial charge is 0.306 e. The zero-order valence-electron chi connectivity index (χ0n) is 11.6. The Morgan fingerprint density at radius 2 is 1.95 bits per heavy atom. The number of hydrogen-bond acceptors (Lipinski definition) is 1. The van der Waals surface area contributed by atoms with Crippen LogP contribution in [0.15, 0.2) is 24.3 Å². The Bertz CT molecular complexity index is 484. The fraction of sp³-hybridized carbons (Fsp3) is 0.588. The van der Waals surface area contributed by atoms with E-state index in [1.54, 1.807) is 5.56 Å². The predicted octanol–water partition coefficient (Wildman–Crippen LogP) is 3.78. The fourth-order valence-electron chi connectivity index (χ4n) is 4.18. The van der Waals surface area contributed by atoms with E-state index in [0.717, 1.165) is 12.8 Å². The molecule has 0 heterocycles. The first-order valence-corrected chi connectivity index (χ1v) is 7.44. The van der Waals surface area contributed by atoms with Crippen LogP contribution in [0.4, 0.5) is 0 Å². The molecule has 1 spiro atoms. The van der Waals surface area contributed by atoms with Crippen molar-refractivity contribution < 1.29 is 9.90 Å². The second-order valence-electron chi connectivity index (χ2n) is 6.40. The van der Waals surface area contributed by atoms with Crippen LogP contribution in [0.5, 0.6) is 0 Å². The summed E-state index contributed by atoms with van der Waals surface area (Å²) in [6.45, 7) is 1.87. The maximum Gasteiger partial charge on any atom is 0.306 e. The van der Waals surface area contributed by atoms with Crippen molar-refractivity contribution in [3.63, 3.8) is 0 Å². The van der Waals surface area contributed by atoms with Crippen LogP contribution >= 0.6 is 0 Å². The first-order valence-electron chi connectivity index (χ1n) is 7.44. The van der Waals surface area contributed by atoms with Gasteiger partial charge in [0.1, 0.15) is 0 Å². The van der Waals surface area contributed by atoms with Crippen molar-refractivity contribution in [2.24, 2.45) is 11.8 Å². The Kier molecular flexibility index (Phi) is 3.12. The van der Waals surface area contributed by atoms with Crippen LogP contribution < -0.4 is 0 Å². The SMILES string of the molecule is CC(C(=O)O)C1CCC2(CCc3ccccc32)CC1. The van der Waals surface area contributed by atoms with Gasteiger partial charge in [0, 0.05) is 0 Å². The molecule has 1 aromatic carbocycles. The molecular weight excluding hydrogens is 236 g/mol. The van der Waals surface area contributed by atoms with Gasteiger partial charge in [-0.3, -0.25) is 4.79 Å². The molecule has 1 fully saturated rings. The molecule has 0 aromatic heterocycles. The van der Waals surface area contributed by atoms with E-state index in [4.69, 9.17) is 5.11 Å². The Morgan fingerprint density at radius 1 is 1.26 bits per heavy atom. The molecule has 1 saturated carbocycles. The van der Waals surface area contributed by atoms with E-state index in [0.29, 0.717) is 11.3 Å². The zero-order chi connectivity index (χ0) is 13.5. The molecule has 0 saturated heterocycles. The number of carboxylic acids is 1. The van der Waals surface area contributed by atoms with E-state index in [-0.39, 0.29) is 5.92 Å². The summed E-state index contributed by atoms with van der Waals surface area (Å²) in [6, 6.07) is 8.84. The van der Waals surface area contributed by atoms with Gasteiger partial charge in [-0.2, -0.15) is 0 Å². The molecule has 1 N–H and O–H groups in total. The van der Waals surface area contributed by atoms with Gasteiger partial charge >= 0.3 is 5.97 Å². The number of aliphatic carboxylic acids is 1. The minimum absolute atomic E-state index is 0.186. The molecule has 3 rings (SSSR count). The minimum Gasteiger partial charge on any atom is -0.481 e. The summed E-state index contributed by atoms with van der Waals surface area (Å²) in [4.78, 5) is 11.1. The van der Waals surface area contributed by atoms with Crippen molar-refractivity contribution in [1.29, 1.82) is 0 Å². The number of benzene rings is 1. The molecule has 1 aromatic rings. The van der Waals surface area contributed by atoms with Crippen LogP contribution in [0, 0.1) is 11.8 Å². The molecule has 0 bridgehead atoms. The third-order valence-electron chi connectivity index (χ3n) is 5.55. The monoisotopic (exact) mass is 258 g/mol. The Balaban J connectivity index is 1.76. The summed E-state index contributed by atoms with van der Waals surface area (Å²) in [5, 5.41) is 9.15. The summed E-state index contributed by atoms with van der Waals surface area (Å²) < 4.78 is 0. The molecule has 0 radical (unpaired) electrons. The number of aryl methyl sites for hydroxylation is 1. The molecule has 2 aliphatic carbocycles. The lowest BCUT2D eigenvalue weighted by Crippen LogP contribution is -2.33. The van der Waals surface area contributed by atoms with E-state index in [1.165, 1.54) is 31.2 Å². The summed E-state index contributed by atoms with van der Waals surface area (Å²) in [7, 11) is 0. The highest BCUT2D eigenvalue weighted by Gasteiger charge is 2.42. The van der Waals surface area contributed by atoms with E-state index in [9.17, 15) is 4.79 Å². The van der Waals surface area contributed by atoms with Crippen LogP contribution in [0.3, 0.4) is 0 Å². The van der Waals surface area contributed by atoms with Crippen LogP contribution in [0.25, 0.3) is 0 Å². The molecule has 1 atom stereocenters. The van der Waals surface area contributed by atoms with E-state index in [1.807, 2.05) is 6.92 Å². The molecular formula is C17H22O2. The standard InChI is InChI=1S/C17H22O2/c1-12(16(18)19)13-6-9-17(10-7-13)11-8-14-4-2-3-5-15(14)17/h2-5,12-13H,6-11H2,1H3,(H,18,19). The highest BCUT2D eigenvalue weighted by atomic mass is 16.4. The van der Waals surface area contributed by atoms with Crippen LogP contribution in [0.2, 0.25) is 0 Å². The molecule has 0 amide bonds. The van der Waals surface area contributed by atoms with Gasteiger partial charge in [-0.15, -0.1) is 0 Å². The molecule has 102 valence electrons. The van der Waals surface area contributed by atoms with E-state index < -0.39 is 5.97 Å². The summed E-state index contributed by atoms with van der Waals surface area (Å²) in [5.74, 6) is -0.447. The molecule has 19 heavy (non-hydrogen) atoms. The lowest BCUT2D eigenvalue weighted by Gasteiger charge is -2.39. The first-order chi connectivity index (χ1) is 9.12. The van der Waals surface area contributed by atoms with Gasteiger partial charge in [0.25, 0.3) is 0 Å². The van der Waals surface area contributed by atoms with Crippen molar-refractivity contribution >= 4 is 5.97 Å². The predicted molar refractivity (Wildman–Crippen MR) is 75.2 cm³/mol. The van der Waals surface area contributed by atoms with Gasteiger partial charge in [-0.25, -0.2) is 0 Å². The Morgan fingerprint density at radius 3 is 2.63 bits per heavy atom. The Hall–Kier alpha value is -1.31. The number of hydrogen-bond donors (Lipinski definition) is 1. The Labute approximate surface area is 114 Å². The second kappa shape index (κ2) is 4.66. The van der Waals surface area contributed by atoms with Gasteiger partial charge in [-0.1, -0.05) is 31.2 Å². The average Bonchev–Trinajstić information content (AvgIpc) is 2.78. The van der Waals surface area contributed by atoms with Gasteiger partial charge in [-0.05, 0) is 61.0 Å². The second-order valence-corrected chi connectivity index (χ2v) is 6.40. The minimum atomic E-state index is -0.632. The maximum atomic E-state index is 11.1. The van der Waals surface area contributed by atoms with Crippen molar-refractivity contribution in [1.82, 2.24) is 0 Å². The summed E-state index contributed by atoms with van der Waals surface area (Å²) >= 11 is 0. The molecule has 1 unspecified atom stereocenters.